The summed E-state index contributed by atoms with van der Waals surface area (Å²) in [6.07, 6.45) is 5.74. The molecular formula is C12H18N4O2. The monoisotopic (exact) mass is 250 g/mol. The minimum Gasteiger partial charge on any atom is -0.376 e. The van der Waals surface area contributed by atoms with E-state index in [4.69, 9.17) is 10.5 Å². The van der Waals surface area contributed by atoms with E-state index in [1.807, 2.05) is 4.68 Å². The summed E-state index contributed by atoms with van der Waals surface area (Å²) in [6.45, 7) is 1.51. The number of hydrogen-bond acceptors (Lipinski definition) is 4. The molecule has 1 atom stereocenters. The highest BCUT2D eigenvalue weighted by Gasteiger charge is 2.30. The fourth-order valence-corrected chi connectivity index (χ4v) is 2.70. The molecule has 1 saturated carbocycles. The second kappa shape index (κ2) is 4.68. The van der Waals surface area contributed by atoms with Crippen molar-refractivity contribution in [3.63, 3.8) is 0 Å². The van der Waals surface area contributed by atoms with E-state index >= 15 is 0 Å². The lowest BCUT2D eigenvalue weighted by Gasteiger charge is -2.26. The van der Waals surface area contributed by atoms with Crippen molar-refractivity contribution >= 4 is 5.91 Å². The first-order valence-corrected chi connectivity index (χ1v) is 6.60. The average Bonchev–Trinajstić information content (AvgIpc) is 2.87. The molecule has 1 aromatic heterocycles. The first-order chi connectivity index (χ1) is 8.75. The van der Waals surface area contributed by atoms with Gasteiger partial charge in [0.15, 0.2) is 5.69 Å². The van der Waals surface area contributed by atoms with Crippen LogP contribution in [0.25, 0.3) is 0 Å². The first-order valence-electron chi connectivity index (χ1n) is 6.60. The molecule has 98 valence electrons. The van der Waals surface area contributed by atoms with Crippen molar-refractivity contribution in [2.75, 3.05) is 6.61 Å². The minimum absolute atomic E-state index is 0.200. The van der Waals surface area contributed by atoms with Gasteiger partial charge in [0.25, 0.3) is 5.91 Å². The highest BCUT2D eigenvalue weighted by molar-refractivity contribution is 5.92. The van der Waals surface area contributed by atoms with Crippen LogP contribution in [0.3, 0.4) is 0 Å². The maximum atomic E-state index is 11.4. The molecule has 0 aromatic carbocycles. The number of aromatic nitrogens is 3. The molecule has 2 aliphatic rings. The zero-order chi connectivity index (χ0) is 12.5. The van der Waals surface area contributed by atoms with Gasteiger partial charge in [0.1, 0.15) is 0 Å². The Hall–Kier alpha value is -1.43. The van der Waals surface area contributed by atoms with Crippen molar-refractivity contribution in [3.05, 3.63) is 11.4 Å². The topological polar surface area (TPSA) is 83.0 Å². The third-order valence-electron chi connectivity index (χ3n) is 3.90. The fraction of sp³-hybridized carbons (Fsp3) is 0.750. The average molecular weight is 250 g/mol. The van der Waals surface area contributed by atoms with E-state index in [1.54, 1.807) is 0 Å². The molecule has 1 unspecified atom stereocenters. The maximum absolute atomic E-state index is 11.4. The number of amides is 1. The molecule has 6 nitrogen and oxygen atoms in total. The first kappa shape index (κ1) is 11.6. The Labute approximate surface area is 105 Å². The van der Waals surface area contributed by atoms with E-state index < -0.39 is 5.91 Å². The predicted molar refractivity (Wildman–Crippen MR) is 64.1 cm³/mol. The SMILES string of the molecule is NC(=O)c1nnn(CC2CCCO2)c1C1CCC1. The van der Waals surface area contributed by atoms with Crippen LogP contribution in [0.15, 0.2) is 0 Å². The molecule has 0 spiro atoms. The van der Waals surface area contributed by atoms with Crippen LogP contribution in [-0.2, 0) is 11.3 Å². The van der Waals surface area contributed by atoms with Gasteiger partial charge in [-0.2, -0.15) is 0 Å². The number of carbonyl (C=O) groups excluding carboxylic acids is 1. The van der Waals surface area contributed by atoms with Crippen molar-refractivity contribution in [1.82, 2.24) is 15.0 Å². The molecule has 1 aromatic rings. The van der Waals surface area contributed by atoms with Gasteiger partial charge in [-0.15, -0.1) is 5.10 Å². The maximum Gasteiger partial charge on any atom is 0.271 e. The number of nitrogens with two attached hydrogens (primary N) is 1. The largest absolute Gasteiger partial charge is 0.376 e. The number of hydrogen-bond donors (Lipinski definition) is 1. The normalized spacial score (nSPS) is 24.1. The standard InChI is InChI=1S/C12H18N4O2/c13-12(17)10-11(8-3-1-4-8)16(15-14-10)7-9-5-2-6-18-9/h8-9H,1-7H2,(H2,13,17). The fourth-order valence-electron chi connectivity index (χ4n) is 2.70. The Bertz CT molecular complexity index is 447. The van der Waals surface area contributed by atoms with Crippen LogP contribution in [0.4, 0.5) is 0 Å². The van der Waals surface area contributed by atoms with Crippen molar-refractivity contribution in [2.45, 2.75) is 50.7 Å². The summed E-state index contributed by atoms with van der Waals surface area (Å²) in [6, 6.07) is 0. The van der Waals surface area contributed by atoms with Crippen LogP contribution in [0.1, 0.15) is 54.2 Å². The molecule has 0 radical (unpaired) electrons. The molecule has 2 N–H and O–H groups in total. The van der Waals surface area contributed by atoms with Crippen LogP contribution >= 0.6 is 0 Å². The summed E-state index contributed by atoms with van der Waals surface area (Å²) in [5, 5.41) is 8.03. The number of carbonyl (C=O) groups is 1. The lowest BCUT2D eigenvalue weighted by atomic mass is 9.82. The number of nitrogens with zero attached hydrogens (tertiary/aromatic N) is 3. The zero-order valence-corrected chi connectivity index (χ0v) is 10.3. The third-order valence-corrected chi connectivity index (χ3v) is 3.90. The summed E-state index contributed by atoms with van der Waals surface area (Å²) in [7, 11) is 0. The van der Waals surface area contributed by atoms with Gasteiger partial charge in [-0.3, -0.25) is 4.79 Å². The lowest BCUT2D eigenvalue weighted by Crippen LogP contribution is -2.24. The molecule has 3 rings (SSSR count). The van der Waals surface area contributed by atoms with Gasteiger partial charge in [-0.25, -0.2) is 4.68 Å². The van der Waals surface area contributed by atoms with Gasteiger partial charge in [-0.1, -0.05) is 11.6 Å². The van der Waals surface area contributed by atoms with Gasteiger partial charge < -0.3 is 10.5 Å². The Morgan fingerprint density at radius 1 is 1.39 bits per heavy atom. The second-order valence-electron chi connectivity index (χ2n) is 5.13. The molecule has 1 amide bonds. The van der Waals surface area contributed by atoms with Crippen LogP contribution in [0.5, 0.6) is 0 Å². The number of ether oxygens (including phenoxy) is 1. The number of primary amides is 1. The molecular weight excluding hydrogens is 232 g/mol. The molecule has 1 saturated heterocycles. The quantitative estimate of drug-likeness (QED) is 0.857. The van der Waals surface area contributed by atoms with Gasteiger partial charge >= 0.3 is 0 Å². The summed E-state index contributed by atoms with van der Waals surface area (Å²) < 4.78 is 7.44. The molecule has 6 heteroatoms. The smallest absolute Gasteiger partial charge is 0.271 e. The van der Waals surface area contributed by atoms with Crippen LogP contribution in [-0.4, -0.2) is 33.6 Å². The highest BCUT2D eigenvalue weighted by Crippen LogP contribution is 2.37. The Morgan fingerprint density at radius 3 is 2.78 bits per heavy atom. The summed E-state index contributed by atoms with van der Waals surface area (Å²) in [4.78, 5) is 11.4. The van der Waals surface area contributed by atoms with Gasteiger partial charge in [-0.05, 0) is 25.7 Å². The molecule has 1 aliphatic heterocycles. The summed E-state index contributed by atoms with van der Waals surface area (Å²) in [5.41, 5.74) is 6.63. The summed E-state index contributed by atoms with van der Waals surface area (Å²) in [5.74, 6) is -0.0839. The predicted octanol–water partition coefficient (Wildman–Crippen LogP) is 0.823. The Kier molecular flexibility index (Phi) is 3.03. The van der Waals surface area contributed by atoms with E-state index in [1.165, 1.54) is 6.42 Å². The van der Waals surface area contributed by atoms with Crippen LogP contribution in [0, 0.1) is 0 Å². The second-order valence-corrected chi connectivity index (χ2v) is 5.13. The van der Waals surface area contributed by atoms with Crippen molar-refractivity contribution < 1.29 is 9.53 Å². The molecule has 18 heavy (non-hydrogen) atoms. The van der Waals surface area contributed by atoms with Crippen molar-refractivity contribution in [3.8, 4) is 0 Å². The van der Waals surface area contributed by atoms with Gasteiger partial charge in [0.05, 0.1) is 18.3 Å². The van der Waals surface area contributed by atoms with Gasteiger partial charge in [0, 0.05) is 12.5 Å². The molecule has 2 fully saturated rings. The van der Waals surface area contributed by atoms with Crippen molar-refractivity contribution in [2.24, 2.45) is 5.73 Å². The highest BCUT2D eigenvalue weighted by atomic mass is 16.5. The van der Waals surface area contributed by atoms with E-state index in [-0.39, 0.29) is 6.10 Å². The van der Waals surface area contributed by atoms with E-state index in [0.29, 0.717) is 18.2 Å². The Balaban J connectivity index is 1.85. The molecule has 2 heterocycles. The Morgan fingerprint density at radius 2 is 2.22 bits per heavy atom. The zero-order valence-electron chi connectivity index (χ0n) is 10.3. The van der Waals surface area contributed by atoms with Gasteiger partial charge in [0.2, 0.25) is 0 Å². The summed E-state index contributed by atoms with van der Waals surface area (Å²) >= 11 is 0. The van der Waals surface area contributed by atoms with E-state index in [0.717, 1.165) is 38.0 Å². The van der Waals surface area contributed by atoms with Crippen LogP contribution < -0.4 is 5.73 Å². The van der Waals surface area contributed by atoms with Crippen molar-refractivity contribution in [1.29, 1.82) is 0 Å². The van der Waals surface area contributed by atoms with E-state index in [2.05, 4.69) is 10.3 Å². The number of rotatable bonds is 4. The van der Waals surface area contributed by atoms with Crippen LogP contribution in [0.2, 0.25) is 0 Å². The minimum atomic E-state index is -0.476. The molecule has 1 aliphatic carbocycles. The molecule has 0 bridgehead atoms. The van der Waals surface area contributed by atoms with E-state index in [9.17, 15) is 4.79 Å². The third kappa shape index (κ3) is 2.01. The lowest BCUT2D eigenvalue weighted by molar-refractivity contribution is 0.0916.